The van der Waals surface area contributed by atoms with E-state index in [4.69, 9.17) is 9.84 Å². The molecule has 0 fully saturated rings. The number of fused-ring (bicyclic) bond motifs is 2. The number of aromatic nitrogens is 3. The van der Waals surface area contributed by atoms with Gasteiger partial charge in [0.2, 0.25) is 0 Å². The number of benzene rings is 1. The van der Waals surface area contributed by atoms with Gasteiger partial charge in [-0.3, -0.25) is 0 Å². The molecule has 2 N–H and O–H groups in total. The maximum Gasteiger partial charge on any atom is 0.356 e. The minimum atomic E-state index is -1.06. The van der Waals surface area contributed by atoms with Crippen molar-refractivity contribution in [3.05, 3.63) is 54.1 Å². The first-order valence-electron chi connectivity index (χ1n) is 7.27. The van der Waals surface area contributed by atoms with Crippen LogP contribution in [0.1, 0.15) is 28.5 Å². The first-order chi connectivity index (χ1) is 11.2. The average molecular weight is 310 g/mol. The molecule has 1 aliphatic heterocycles. The highest BCUT2D eigenvalue weighted by Crippen LogP contribution is 2.34. The zero-order chi connectivity index (χ0) is 15.8. The van der Waals surface area contributed by atoms with Crippen LogP contribution < -0.4 is 10.1 Å². The number of imidazole rings is 1. The predicted molar refractivity (Wildman–Crippen MR) is 82.9 cm³/mol. The molecule has 1 atom stereocenters. The van der Waals surface area contributed by atoms with Crippen LogP contribution in [-0.4, -0.2) is 32.1 Å². The van der Waals surface area contributed by atoms with Crippen molar-refractivity contribution in [3.8, 4) is 5.75 Å². The average Bonchev–Trinajstić information content (AvgIpc) is 3.01. The first-order valence-corrected chi connectivity index (χ1v) is 7.27. The zero-order valence-electron chi connectivity index (χ0n) is 12.1. The quantitative estimate of drug-likeness (QED) is 0.772. The summed E-state index contributed by atoms with van der Waals surface area (Å²) >= 11 is 0. The second-order valence-corrected chi connectivity index (χ2v) is 5.31. The van der Waals surface area contributed by atoms with E-state index in [0.29, 0.717) is 18.1 Å². The van der Waals surface area contributed by atoms with Gasteiger partial charge >= 0.3 is 5.97 Å². The van der Waals surface area contributed by atoms with Crippen LogP contribution in [0.4, 0.5) is 5.82 Å². The predicted octanol–water partition coefficient (Wildman–Crippen LogP) is 2.36. The Morgan fingerprint density at radius 1 is 1.39 bits per heavy atom. The molecule has 0 saturated heterocycles. The monoisotopic (exact) mass is 310 g/mol. The Hall–Kier alpha value is -3.09. The smallest absolute Gasteiger partial charge is 0.356 e. The summed E-state index contributed by atoms with van der Waals surface area (Å²) in [5, 5.41) is 12.5. The summed E-state index contributed by atoms with van der Waals surface area (Å²) in [5.74, 6) is 0.357. The molecule has 0 bridgehead atoms. The van der Waals surface area contributed by atoms with E-state index in [1.807, 2.05) is 24.3 Å². The Kier molecular flexibility index (Phi) is 3.11. The Morgan fingerprint density at radius 3 is 3.13 bits per heavy atom. The van der Waals surface area contributed by atoms with Gasteiger partial charge in [-0.05, 0) is 6.07 Å². The number of rotatable bonds is 3. The summed E-state index contributed by atoms with van der Waals surface area (Å²) < 4.78 is 7.31. The van der Waals surface area contributed by atoms with E-state index in [1.54, 1.807) is 16.8 Å². The van der Waals surface area contributed by atoms with Gasteiger partial charge in [0.15, 0.2) is 17.2 Å². The molecule has 4 rings (SSSR count). The molecule has 1 aromatic carbocycles. The standard InChI is InChI=1S/C16H14N4O3/c21-16(22)12-9-20-7-6-17-14(15(20)19-12)18-11-5-8-23-13-4-2-1-3-10(11)13/h1-4,6-7,9,11H,5,8H2,(H,17,18)(H,21,22). The van der Waals surface area contributed by atoms with Crippen LogP contribution in [-0.2, 0) is 0 Å². The molecular weight excluding hydrogens is 296 g/mol. The van der Waals surface area contributed by atoms with Crippen molar-refractivity contribution in [2.24, 2.45) is 0 Å². The van der Waals surface area contributed by atoms with Crippen LogP contribution in [0, 0.1) is 0 Å². The van der Waals surface area contributed by atoms with E-state index in [2.05, 4.69) is 15.3 Å². The van der Waals surface area contributed by atoms with Gasteiger partial charge in [0.05, 0.1) is 12.6 Å². The SMILES string of the molecule is O=C(O)c1cn2ccnc(NC3CCOc4ccccc43)c2n1. The van der Waals surface area contributed by atoms with Crippen molar-refractivity contribution in [1.82, 2.24) is 14.4 Å². The van der Waals surface area contributed by atoms with E-state index in [-0.39, 0.29) is 11.7 Å². The molecule has 0 amide bonds. The van der Waals surface area contributed by atoms with Crippen LogP contribution in [0.5, 0.6) is 5.75 Å². The lowest BCUT2D eigenvalue weighted by Crippen LogP contribution is -2.21. The van der Waals surface area contributed by atoms with Crippen molar-refractivity contribution in [2.75, 3.05) is 11.9 Å². The molecule has 0 radical (unpaired) electrons. The lowest BCUT2D eigenvalue weighted by molar-refractivity contribution is 0.0691. The highest BCUT2D eigenvalue weighted by molar-refractivity contribution is 5.87. The topological polar surface area (TPSA) is 88.8 Å². The molecule has 1 aliphatic rings. The lowest BCUT2D eigenvalue weighted by atomic mass is 10.0. The minimum Gasteiger partial charge on any atom is -0.493 e. The number of hydrogen-bond acceptors (Lipinski definition) is 5. The van der Waals surface area contributed by atoms with Crippen molar-refractivity contribution >= 4 is 17.4 Å². The largest absolute Gasteiger partial charge is 0.493 e. The molecule has 116 valence electrons. The highest BCUT2D eigenvalue weighted by Gasteiger charge is 2.22. The summed E-state index contributed by atoms with van der Waals surface area (Å²) in [7, 11) is 0. The summed E-state index contributed by atoms with van der Waals surface area (Å²) in [4.78, 5) is 19.6. The molecule has 7 heteroatoms. The summed E-state index contributed by atoms with van der Waals surface area (Å²) in [5.41, 5.74) is 1.55. The molecular formula is C16H14N4O3. The number of aromatic carboxylic acids is 1. The fraction of sp³-hybridized carbons (Fsp3) is 0.188. The second kappa shape index (κ2) is 5.28. The van der Waals surface area contributed by atoms with Gasteiger partial charge in [-0.25, -0.2) is 14.8 Å². The normalized spacial score (nSPS) is 16.6. The van der Waals surface area contributed by atoms with Gasteiger partial charge in [-0.15, -0.1) is 0 Å². The van der Waals surface area contributed by atoms with Crippen molar-refractivity contribution < 1.29 is 14.6 Å². The number of nitrogens with one attached hydrogen (secondary N) is 1. The summed E-state index contributed by atoms with van der Waals surface area (Å²) in [6, 6.07) is 7.90. The van der Waals surface area contributed by atoms with Gasteiger partial charge in [0.25, 0.3) is 0 Å². The second-order valence-electron chi connectivity index (χ2n) is 5.31. The van der Waals surface area contributed by atoms with E-state index in [1.165, 1.54) is 6.20 Å². The number of ether oxygens (including phenoxy) is 1. The van der Waals surface area contributed by atoms with Crippen LogP contribution in [0.3, 0.4) is 0 Å². The van der Waals surface area contributed by atoms with Crippen molar-refractivity contribution in [1.29, 1.82) is 0 Å². The van der Waals surface area contributed by atoms with E-state index >= 15 is 0 Å². The summed E-state index contributed by atoms with van der Waals surface area (Å²) in [6.07, 6.45) is 5.57. The van der Waals surface area contributed by atoms with E-state index < -0.39 is 5.97 Å². The molecule has 3 aromatic rings. The summed E-state index contributed by atoms with van der Waals surface area (Å²) in [6.45, 7) is 0.618. The number of nitrogens with zero attached hydrogens (tertiary/aromatic N) is 3. The molecule has 7 nitrogen and oxygen atoms in total. The Balaban J connectivity index is 1.72. The number of anilines is 1. The van der Waals surface area contributed by atoms with Crippen LogP contribution in [0.25, 0.3) is 5.65 Å². The number of para-hydroxylation sites is 1. The lowest BCUT2D eigenvalue weighted by Gasteiger charge is -2.27. The van der Waals surface area contributed by atoms with Crippen LogP contribution in [0.2, 0.25) is 0 Å². The number of carboxylic acids is 1. The molecule has 0 saturated carbocycles. The highest BCUT2D eigenvalue weighted by atomic mass is 16.5. The Morgan fingerprint density at radius 2 is 2.26 bits per heavy atom. The minimum absolute atomic E-state index is 0.00609. The number of carbonyl (C=O) groups is 1. The first kappa shape index (κ1) is 13.6. The molecule has 1 unspecified atom stereocenters. The maximum absolute atomic E-state index is 11.1. The fourth-order valence-corrected chi connectivity index (χ4v) is 2.78. The third-order valence-electron chi connectivity index (χ3n) is 3.86. The van der Waals surface area contributed by atoms with Crippen LogP contribution >= 0.6 is 0 Å². The fourth-order valence-electron chi connectivity index (χ4n) is 2.78. The third-order valence-corrected chi connectivity index (χ3v) is 3.86. The van der Waals surface area contributed by atoms with Crippen LogP contribution in [0.15, 0.2) is 42.9 Å². The number of carboxylic acid groups (broad SMARTS) is 1. The van der Waals surface area contributed by atoms with Crippen molar-refractivity contribution in [2.45, 2.75) is 12.5 Å². The van der Waals surface area contributed by atoms with Gasteiger partial charge in [0, 0.05) is 30.6 Å². The van der Waals surface area contributed by atoms with E-state index in [9.17, 15) is 4.79 Å². The molecule has 2 aromatic heterocycles. The van der Waals surface area contributed by atoms with Gasteiger partial charge in [-0.2, -0.15) is 0 Å². The van der Waals surface area contributed by atoms with Gasteiger partial charge in [0.1, 0.15) is 5.75 Å². The number of hydrogen-bond donors (Lipinski definition) is 2. The van der Waals surface area contributed by atoms with Crippen molar-refractivity contribution in [3.63, 3.8) is 0 Å². The molecule has 0 aliphatic carbocycles. The Labute approximate surface area is 131 Å². The van der Waals surface area contributed by atoms with E-state index in [0.717, 1.165) is 17.7 Å². The zero-order valence-corrected chi connectivity index (χ0v) is 12.1. The maximum atomic E-state index is 11.1. The molecule has 23 heavy (non-hydrogen) atoms. The molecule has 0 spiro atoms. The Bertz CT molecular complexity index is 890. The molecule has 3 heterocycles. The third kappa shape index (κ3) is 2.36. The van der Waals surface area contributed by atoms with Gasteiger partial charge in [-0.1, -0.05) is 18.2 Å². The van der Waals surface area contributed by atoms with Gasteiger partial charge < -0.3 is 19.6 Å².